The first-order chi connectivity index (χ1) is 19.4. The highest BCUT2D eigenvalue weighted by atomic mass is 32.2. The Hall–Kier alpha value is -4.10. The van der Waals surface area contributed by atoms with Crippen molar-refractivity contribution in [2.75, 3.05) is 12.3 Å². The highest BCUT2D eigenvalue weighted by Crippen LogP contribution is 2.29. The molecule has 8 N–H and O–H groups in total. The first-order valence-electron chi connectivity index (χ1n) is 13.0. The molecule has 220 valence electrons. The molecule has 0 radical (unpaired) electrons. The van der Waals surface area contributed by atoms with E-state index in [1.807, 2.05) is 0 Å². The molecule has 13 heteroatoms. The molecule has 0 bridgehead atoms. The van der Waals surface area contributed by atoms with Gasteiger partial charge in [-0.3, -0.25) is 19.2 Å². The van der Waals surface area contributed by atoms with E-state index in [0.717, 1.165) is 17.3 Å². The minimum atomic E-state index is -1.33. The number of carboxylic acid groups (broad SMARTS) is 1. The number of carbonyl (C=O) groups excluding carboxylic acids is 4. The minimum absolute atomic E-state index is 0.0671. The number of hydrogen-bond acceptors (Lipinski definition) is 8. The fraction of sp³-hybridized carbons (Fsp3) is 0.393. The number of aliphatic carboxylic acids is 1. The molecule has 2 unspecified atom stereocenters. The van der Waals surface area contributed by atoms with E-state index >= 15 is 0 Å². The van der Waals surface area contributed by atoms with E-state index in [2.05, 4.69) is 21.3 Å². The van der Waals surface area contributed by atoms with Gasteiger partial charge < -0.3 is 37.2 Å². The zero-order valence-corrected chi connectivity index (χ0v) is 23.6. The molecule has 3 rings (SSSR count). The standard InChI is InChI=1S/C28H35N5O7S/c1-28(2)23(33-24(36)19(29)12-17-8-10-18(34)11-9-17)26(38)30-14-22(35)31-20(13-16-6-4-3-5-7-16)25(37)32-21(15-41-28)27(39)40/h3-11,19-21,23,34H,12-15,29H2,1-2H3,(H,30,38)(H,31,35)(H,32,37)(H,33,36)(H,39,40)/t19-,20-,21?,23?/m0/s1. The Kier molecular flexibility index (Phi) is 10.7. The van der Waals surface area contributed by atoms with Crippen molar-refractivity contribution in [3.8, 4) is 5.75 Å². The predicted molar refractivity (Wildman–Crippen MR) is 153 cm³/mol. The molecule has 41 heavy (non-hydrogen) atoms. The summed E-state index contributed by atoms with van der Waals surface area (Å²) < 4.78 is -1.08. The zero-order valence-electron chi connectivity index (χ0n) is 22.8. The average Bonchev–Trinajstić information content (AvgIpc) is 2.93. The number of nitrogens with one attached hydrogen (secondary N) is 4. The number of carbonyl (C=O) groups is 5. The molecule has 1 saturated heterocycles. The molecule has 1 fully saturated rings. The van der Waals surface area contributed by atoms with Crippen LogP contribution in [0.2, 0.25) is 0 Å². The maximum atomic E-state index is 13.3. The van der Waals surface area contributed by atoms with E-state index in [1.165, 1.54) is 12.1 Å². The van der Waals surface area contributed by atoms with Gasteiger partial charge in [0.2, 0.25) is 23.6 Å². The molecule has 0 aromatic heterocycles. The van der Waals surface area contributed by atoms with Crippen LogP contribution in [0.1, 0.15) is 25.0 Å². The van der Waals surface area contributed by atoms with Gasteiger partial charge in [-0.1, -0.05) is 42.5 Å². The Bertz CT molecular complexity index is 1260. The van der Waals surface area contributed by atoms with E-state index in [0.29, 0.717) is 5.56 Å². The van der Waals surface area contributed by atoms with Crippen LogP contribution in [-0.2, 0) is 36.8 Å². The summed E-state index contributed by atoms with van der Waals surface area (Å²) in [5.74, 6) is -4.00. The van der Waals surface area contributed by atoms with Crippen LogP contribution in [0, 0.1) is 0 Å². The summed E-state index contributed by atoms with van der Waals surface area (Å²) in [7, 11) is 0. The van der Waals surface area contributed by atoms with E-state index in [9.17, 15) is 34.2 Å². The van der Waals surface area contributed by atoms with Crippen molar-refractivity contribution in [1.29, 1.82) is 0 Å². The van der Waals surface area contributed by atoms with Crippen LogP contribution >= 0.6 is 11.8 Å². The van der Waals surface area contributed by atoms with E-state index in [1.54, 1.807) is 56.3 Å². The van der Waals surface area contributed by atoms with Gasteiger partial charge in [-0.25, -0.2) is 4.79 Å². The summed E-state index contributed by atoms with van der Waals surface area (Å²) in [6.07, 6.45) is 0.237. The summed E-state index contributed by atoms with van der Waals surface area (Å²) in [6, 6.07) is 10.4. The SMILES string of the molecule is CC1(C)SCC(C(=O)O)NC(=O)[C@H](Cc2ccccc2)NC(=O)CNC(=O)C1NC(=O)[C@@H](N)Cc1ccc(O)cc1. The lowest BCUT2D eigenvalue weighted by molar-refractivity contribution is -0.141. The van der Waals surface area contributed by atoms with Gasteiger partial charge in [0, 0.05) is 16.9 Å². The van der Waals surface area contributed by atoms with Gasteiger partial charge in [-0.2, -0.15) is 11.8 Å². The Labute approximate surface area is 241 Å². The average molecular weight is 586 g/mol. The molecular formula is C28H35N5O7S. The highest BCUT2D eigenvalue weighted by molar-refractivity contribution is 8.00. The predicted octanol–water partition coefficient (Wildman–Crippen LogP) is -0.315. The van der Waals surface area contributed by atoms with Crippen LogP contribution < -0.4 is 27.0 Å². The largest absolute Gasteiger partial charge is 0.508 e. The van der Waals surface area contributed by atoms with Crippen molar-refractivity contribution in [2.24, 2.45) is 5.73 Å². The van der Waals surface area contributed by atoms with Crippen LogP contribution in [0.25, 0.3) is 0 Å². The van der Waals surface area contributed by atoms with Gasteiger partial charge in [-0.15, -0.1) is 0 Å². The van der Waals surface area contributed by atoms with Crippen LogP contribution in [0.15, 0.2) is 54.6 Å². The topological polar surface area (TPSA) is 200 Å². The lowest BCUT2D eigenvalue weighted by atomic mass is 10.00. The van der Waals surface area contributed by atoms with Crippen molar-refractivity contribution in [1.82, 2.24) is 21.3 Å². The normalized spacial score (nSPS) is 22.4. The van der Waals surface area contributed by atoms with Crippen LogP contribution in [0.4, 0.5) is 0 Å². The maximum Gasteiger partial charge on any atom is 0.327 e. The molecule has 12 nitrogen and oxygen atoms in total. The first-order valence-corrected chi connectivity index (χ1v) is 14.0. The number of phenols is 1. The lowest BCUT2D eigenvalue weighted by Crippen LogP contribution is -2.60. The molecule has 4 atom stereocenters. The first kappa shape index (κ1) is 31.4. The number of benzene rings is 2. The highest BCUT2D eigenvalue weighted by Gasteiger charge is 2.40. The molecule has 1 aliphatic rings. The van der Waals surface area contributed by atoms with Gasteiger partial charge in [0.05, 0.1) is 12.6 Å². The quantitative estimate of drug-likeness (QED) is 0.228. The monoisotopic (exact) mass is 585 g/mol. The summed E-state index contributed by atoms with van der Waals surface area (Å²) in [4.78, 5) is 64.2. The second-order valence-corrected chi connectivity index (χ2v) is 11.9. The fourth-order valence-electron chi connectivity index (χ4n) is 4.19. The molecular weight excluding hydrogens is 550 g/mol. The van der Waals surface area contributed by atoms with Crippen molar-refractivity contribution >= 4 is 41.4 Å². The van der Waals surface area contributed by atoms with Gasteiger partial charge in [-0.05, 0) is 43.5 Å². The third kappa shape index (κ3) is 9.22. The molecule has 2 aromatic carbocycles. The third-order valence-corrected chi connectivity index (χ3v) is 8.05. The van der Waals surface area contributed by atoms with Gasteiger partial charge >= 0.3 is 5.97 Å². The Morgan fingerprint density at radius 1 is 1.02 bits per heavy atom. The molecule has 0 saturated carbocycles. The van der Waals surface area contributed by atoms with Crippen LogP contribution in [0.3, 0.4) is 0 Å². The number of hydrogen-bond donors (Lipinski definition) is 7. The fourth-order valence-corrected chi connectivity index (χ4v) is 5.34. The Morgan fingerprint density at radius 2 is 1.68 bits per heavy atom. The molecule has 2 aromatic rings. The van der Waals surface area contributed by atoms with Crippen LogP contribution in [-0.4, -0.2) is 81.0 Å². The number of amides is 4. The molecule has 1 heterocycles. The summed E-state index contributed by atoms with van der Waals surface area (Å²) in [5, 5.41) is 29.5. The molecule has 0 aliphatic carbocycles. The number of thioether (sulfide) groups is 1. The van der Waals surface area contributed by atoms with Gasteiger partial charge in [0.1, 0.15) is 23.9 Å². The second-order valence-electron chi connectivity index (χ2n) is 10.3. The maximum absolute atomic E-state index is 13.3. The van der Waals surface area contributed by atoms with E-state index in [-0.39, 0.29) is 24.3 Å². The number of rotatable bonds is 7. The lowest BCUT2D eigenvalue weighted by Gasteiger charge is -2.34. The Morgan fingerprint density at radius 3 is 2.32 bits per heavy atom. The zero-order chi connectivity index (χ0) is 30.2. The summed E-state index contributed by atoms with van der Waals surface area (Å²) in [5.41, 5.74) is 7.55. The summed E-state index contributed by atoms with van der Waals surface area (Å²) in [6.45, 7) is 2.81. The third-order valence-electron chi connectivity index (χ3n) is 6.57. The number of carboxylic acids is 1. The van der Waals surface area contributed by atoms with Crippen molar-refractivity contribution in [3.63, 3.8) is 0 Å². The van der Waals surface area contributed by atoms with Gasteiger partial charge in [0.25, 0.3) is 0 Å². The van der Waals surface area contributed by atoms with Crippen LogP contribution in [0.5, 0.6) is 5.75 Å². The van der Waals surface area contributed by atoms with E-state index in [4.69, 9.17) is 5.73 Å². The summed E-state index contributed by atoms with van der Waals surface area (Å²) >= 11 is 1.07. The van der Waals surface area contributed by atoms with E-state index < -0.39 is 65.1 Å². The number of aromatic hydroxyl groups is 1. The molecule has 0 spiro atoms. The molecule has 4 amide bonds. The van der Waals surface area contributed by atoms with Crippen molar-refractivity contribution in [2.45, 2.75) is 55.6 Å². The van der Waals surface area contributed by atoms with Gasteiger partial charge in [0.15, 0.2) is 0 Å². The number of nitrogens with two attached hydrogens (primary N) is 1. The minimum Gasteiger partial charge on any atom is -0.508 e. The smallest absolute Gasteiger partial charge is 0.327 e. The second kappa shape index (κ2) is 14.0. The van der Waals surface area contributed by atoms with Crippen molar-refractivity contribution in [3.05, 3.63) is 65.7 Å². The molecule has 1 aliphatic heterocycles. The van der Waals surface area contributed by atoms with Crippen molar-refractivity contribution < 1.29 is 34.2 Å². The number of phenolic OH excluding ortho intramolecular Hbond substituents is 1. The Balaban J connectivity index is 1.81.